The van der Waals surface area contributed by atoms with E-state index in [1.165, 1.54) is 13.2 Å². The summed E-state index contributed by atoms with van der Waals surface area (Å²) in [6.45, 7) is 0. The maximum Gasteiger partial charge on any atom is 0.303 e. The van der Waals surface area contributed by atoms with Crippen LogP contribution in [0.2, 0.25) is 0 Å². The van der Waals surface area contributed by atoms with Gasteiger partial charge in [0.05, 0.1) is 18.1 Å². The van der Waals surface area contributed by atoms with Gasteiger partial charge in [-0.05, 0) is 18.9 Å². The van der Waals surface area contributed by atoms with E-state index in [9.17, 15) is 20.0 Å². The monoisotopic (exact) mass is 255 g/mol. The van der Waals surface area contributed by atoms with Gasteiger partial charge in [-0.3, -0.25) is 14.9 Å². The van der Waals surface area contributed by atoms with E-state index in [0.29, 0.717) is 5.56 Å². The Morgan fingerprint density at radius 1 is 1.50 bits per heavy atom. The lowest BCUT2D eigenvalue weighted by Gasteiger charge is -2.07. The first-order chi connectivity index (χ1) is 8.45. The molecule has 7 heteroatoms. The number of phenolic OH excluding ortho intramolecular Hbond substituents is 1. The maximum absolute atomic E-state index is 10.9. The fourth-order valence-corrected chi connectivity index (χ4v) is 1.56. The van der Waals surface area contributed by atoms with E-state index in [1.807, 2.05) is 0 Å². The van der Waals surface area contributed by atoms with E-state index in [4.69, 9.17) is 9.84 Å². The van der Waals surface area contributed by atoms with Crippen LogP contribution in [0.15, 0.2) is 12.1 Å². The predicted octanol–water partition coefficient (Wildman–Crippen LogP) is 1.72. The van der Waals surface area contributed by atoms with Gasteiger partial charge in [-0.1, -0.05) is 0 Å². The van der Waals surface area contributed by atoms with Gasteiger partial charge < -0.3 is 14.9 Å². The van der Waals surface area contributed by atoms with E-state index in [0.717, 1.165) is 6.07 Å². The lowest BCUT2D eigenvalue weighted by molar-refractivity contribution is -0.385. The van der Waals surface area contributed by atoms with Crippen molar-refractivity contribution in [3.63, 3.8) is 0 Å². The standard InChI is InChI=1S/C11H13NO6/c1-18-10-6-8(12(16)17)7(5-9(10)13)3-2-4-11(14)15/h5-6,13H,2-4H2,1H3,(H,14,15). The van der Waals surface area contributed by atoms with Gasteiger partial charge in [-0.15, -0.1) is 0 Å². The molecule has 1 rings (SSSR count). The van der Waals surface area contributed by atoms with Crippen LogP contribution in [0.25, 0.3) is 0 Å². The van der Waals surface area contributed by atoms with Gasteiger partial charge in [0.2, 0.25) is 0 Å². The number of ether oxygens (including phenoxy) is 1. The zero-order chi connectivity index (χ0) is 13.7. The first-order valence-electron chi connectivity index (χ1n) is 5.21. The number of carbonyl (C=O) groups is 1. The minimum Gasteiger partial charge on any atom is -0.504 e. The van der Waals surface area contributed by atoms with Crippen LogP contribution in [0.5, 0.6) is 11.5 Å². The molecular weight excluding hydrogens is 242 g/mol. The molecule has 7 nitrogen and oxygen atoms in total. The minimum atomic E-state index is -0.963. The Labute approximate surface area is 103 Å². The zero-order valence-corrected chi connectivity index (χ0v) is 9.75. The van der Waals surface area contributed by atoms with Crippen LogP contribution in [-0.4, -0.2) is 28.2 Å². The predicted molar refractivity (Wildman–Crippen MR) is 61.9 cm³/mol. The highest BCUT2D eigenvalue weighted by molar-refractivity contribution is 5.66. The number of hydrogen-bond acceptors (Lipinski definition) is 5. The maximum atomic E-state index is 10.9. The molecule has 98 valence electrons. The van der Waals surface area contributed by atoms with Gasteiger partial charge in [-0.2, -0.15) is 0 Å². The SMILES string of the molecule is COc1cc([N+](=O)[O-])c(CCCC(=O)O)cc1O. The first-order valence-corrected chi connectivity index (χ1v) is 5.21. The molecule has 0 amide bonds. The second-order valence-corrected chi connectivity index (χ2v) is 3.66. The summed E-state index contributed by atoms with van der Waals surface area (Å²) >= 11 is 0. The molecule has 2 N–H and O–H groups in total. The Morgan fingerprint density at radius 3 is 2.67 bits per heavy atom. The molecule has 0 aliphatic heterocycles. The number of nitro benzene ring substituents is 1. The molecule has 1 aromatic carbocycles. The van der Waals surface area contributed by atoms with Gasteiger partial charge in [-0.25, -0.2) is 0 Å². The number of phenols is 1. The zero-order valence-electron chi connectivity index (χ0n) is 9.75. The van der Waals surface area contributed by atoms with E-state index in [1.54, 1.807) is 0 Å². The largest absolute Gasteiger partial charge is 0.504 e. The molecule has 18 heavy (non-hydrogen) atoms. The summed E-state index contributed by atoms with van der Waals surface area (Å²) in [5, 5.41) is 28.9. The lowest BCUT2D eigenvalue weighted by Crippen LogP contribution is -2.00. The number of aryl methyl sites for hydroxylation is 1. The summed E-state index contributed by atoms with van der Waals surface area (Å²) in [5.74, 6) is -1.15. The number of aliphatic carboxylic acids is 1. The summed E-state index contributed by atoms with van der Waals surface area (Å²) in [4.78, 5) is 20.6. The molecule has 0 atom stereocenters. The molecule has 0 saturated heterocycles. The van der Waals surface area contributed by atoms with Crippen LogP contribution in [0.1, 0.15) is 18.4 Å². The summed E-state index contributed by atoms with van der Waals surface area (Å²) < 4.78 is 4.78. The average Bonchev–Trinajstić information content (AvgIpc) is 2.28. The van der Waals surface area contributed by atoms with Gasteiger partial charge in [0, 0.05) is 12.0 Å². The topological polar surface area (TPSA) is 110 Å². The van der Waals surface area contributed by atoms with Gasteiger partial charge in [0.1, 0.15) is 0 Å². The summed E-state index contributed by atoms with van der Waals surface area (Å²) in [6.07, 6.45) is 0.395. The summed E-state index contributed by atoms with van der Waals surface area (Å²) in [5.41, 5.74) is 0.106. The lowest BCUT2D eigenvalue weighted by atomic mass is 10.1. The molecule has 0 heterocycles. The Bertz CT molecular complexity index is 471. The number of carboxylic acid groups (broad SMARTS) is 1. The van der Waals surface area contributed by atoms with Crippen molar-refractivity contribution in [2.24, 2.45) is 0 Å². The Kier molecular flexibility index (Phi) is 4.47. The highest BCUT2D eigenvalue weighted by Crippen LogP contribution is 2.34. The van der Waals surface area contributed by atoms with Crippen molar-refractivity contribution in [2.45, 2.75) is 19.3 Å². The number of nitro groups is 1. The van der Waals surface area contributed by atoms with Crippen molar-refractivity contribution in [1.82, 2.24) is 0 Å². The number of methoxy groups -OCH3 is 1. The third-order valence-electron chi connectivity index (χ3n) is 2.41. The number of aromatic hydroxyl groups is 1. The fourth-order valence-electron chi connectivity index (χ4n) is 1.56. The molecule has 0 fully saturated rings. The highest BCUT2D eigenvalue weighted by atomic mass is 16.6. The molecule has 0 aliphatic carbocycles. The van der Waals surface area contributed by atoms with Crippen molar-refractivity contribution in [3.8, 4) is 11.5 Å². The minimum absolute atomic E-state index is 0.0173. The molecule has 0 radical (unpaired) electrons. The van der Waals surface area contributed by atoms with Crippen LogP contribution in [-0.2, 0) is 11.2 Å². The number of benzene rings is 1. The average molecular weight is 255 g/mol. The van der Waals surface area contributed by atoms with Gasteiger partial charge >= 0.3 is 5.97 Å². The number of rotatable bonds is 6. The molecule has 0 unspecified atom stereocenters. The van der Waals surface area contributed by atoms with Gasteiger partial charge in [0.15, 0.2) is 11.5 Å². The van der Waals surface area contributed by atoms with E-state index < -0.39 is 10.9 Å². The third kappa shape index (κ3) is 3.34. The van der Waals surface area contributed by atoms with Crippen molar-refractivity contribution in [2.75, 3.05) is 7.11 Å². The van der Waals surface area contributed by atoms with E-state index in [-0.39, 0.29) is 36.4 Å². The second kappa shape index (κ2) is 5.85. The number of hydrogen-bond donors (Lipinski definition) is 2. The summed E-state index contributed by atoms with van der Waals surface area (Å²) in [7, 11) is 1.29. The molecule has 0 aromatic heterocycles. The van der Waals surface area contributed by atoms with E-state index in [2.05, 4.69) is 0 Å². The van der Waals surface area contributed by atoms with Crippen molar-refractivity contribution < 1.29 is 24.7 Å². The molecule has 0 bridgehead atoms. The van der Waals surface area contributed by atoms with Crippen LogP contribution in [0.4, 0.5) is 5.69 Å². The van der Waals surface area contributed by atoms with Crippen LogP contribution >= 0.6 is 0 Å². The summed E-state index contributed by atoms with van der Waals surface area (Å²) in [6, 6.07) is 2.37. The molecule has 0 saturated carbocycles. The Hall–Kier alpha value is -2.31. The first kappa shape index (κ1) is 13.8. The van der Waals surface area contributed by atoms with E-state index >= 15 is 0 Å². The highest BCUT2D eigenvalue weighted by Gasteiger charge is 2.18. The quantitative estimate of drug-likeness (QED) is 0.591. The fraction of sp³-hybridized carbons (Fsp3) is 0.364. The molecule has 0 spiro atoms. The molecule has 1 aromatic rings. The van der Waals surface area contributed by atoms with Gasteiger partial charge in [0.25, 0.3) is 5.69 Å². The number of carboxylic acids is 1. The van der Waals surface area contributed by atoms with Crippen molar-refractivity contribution in [3.05, 3.63) is 27.8 Å². The van der Waals surface area contributed by atoms with Crippen LogP contribution < -0.4 is 4.74 Å². The Balaban J connectivity index is 2.98. The van der Waals surface area contributed by atoms with Crippen LogP contribution in [0, 0.1) is 10.1 Å². The smallest absolute Gasteiger partial charge is 0.303 e. The number of nitrogens with zero attached hydrogens (tertiary/aromatic N) is 1. The van der Waals surface area contributed by atoms with Crippen LogP contribution in [0.3, 0.4) is 0 Å². The third-order valence-corrected chi connectivity index (χ3v) is 2.41. The van der Waals surface area contributed by atoms with Crippen molar-refractivity contribution >= 4 is 11.7 Å². The normalized spacial score (nSPS) is 10.1. The second-order valence-electron chi connectivity index (χ2n) is 3.66. The molecule has 0 aliphatic rings. The molecular formula is C11H13NO6. The van der Waals surface area contributed by atoms with Crippen molar-refractivity contribution in [1.29, 1.82) is 0 Å². The Morgan fingerprint density at radius 2 is 2.17 bits per heavy atom.